The van der Waals surface area contributed by atoms with Gasteiger partial charge in [-0.05, 0) is 38.1 Å². The number of thiocarbonyl (C=S) groups is 1. The first kappa shape index (κ1) is 25.5. The Hall–Kier alpha value is -3.73. The predicted octanol–water partition coefficient (Wildman–Crippen LogP) is 4.09. The summed E-state index contributed by atoms with van der Waals surface area (Å²) in [5.41, 5.74) is 4.46. The number of thiazole rings is 1. The van der Waals surface area contributed by atoms with E-state index >= 15 is 0 Å². The van der Waals surface area contributed by atoms with Gasteiger partial charge in [-0.25, -0.2) is 4.98 Å². The van der Waals surface area contributed by atoms with Crippen LogP contribution >= 0.6 is 35.3 Å². The zero-order valence-corrected chi connectivity index (χ0v) is 24.1. The third kappa shape index (κ3) is 4.19. The molecule has 7 nitrogen and oxygen atoms in total. The Morgan fingerprint density at radius 2 is 1.67 bits per heavy atom. The molecule has 196 valence electrons. The molecular weight excluding hydrogens is 547 g/mol. The molecule has 1 amide bonds. The van der Waals surface area contributed by atoms with E-state index < -0.39 is 0 Å². The molecule has 10 heteroatoms. The van der Waals surface area contributed by atoms with Gasteiger partial charge in [0, 0.05) is 31.4 Å². The van der Waals surface area contributed by atoms with E-state index in [1.54, 1.807) is 9.47 Å². The summed E-state index contributed by atoms with van der Waals surface area (Å²) >= 11 is 8.02. The van der Waals surface area contributed by atoms with Crippen LogP contribution in [0.5, 0.6) is 0 Å². The van der Waals surface area contributed by atoms with Crippen LogP contribution in [0, 0.1) is 0 Å². The Morgan fingerprint density at radius 1 is 0.974 bits per heavy atom. The number of benzene rings is 2. The fraction of sp³-hybridized carbons (Fsp3) is 0.172. The minimum absolute atomic E-state index is 0.123. The Bertz CT molecular complexity index is 1930. The van der Waals surface area contributed by atoms with Crippen molar-refractivity contribution in [3.8, 4) is 17.1 Å². The average molecular weight is 572 g/mol. The molecule has 39 heavy (non-hydrogen) atoms. The number of thioether (sulfide) groups is 1. The minimum Gasteiger partial charge on any atom is -0.326 e. The standard InChI is InChI=1S/C29H25N5O2S3/c1-4-32-26(35)22(38-28(32)23-27(36)33(5-2)29(37)39-23)17-20-16-21-25(34(20)19-14-10-7-11-15-19)30-24(31(21)3)18-12-8-6-9-13-18/h6-17H,4-5H2,1-3H3/b22-17+,28-23+. The van der Waals surface area contributed by atoms with Crippen molar-refractivity contribution in [1.29, 1.82) is 0 Å². The second kappa shape index (κ2) is 10.1. The summed E-state index contributed by atoms with van der Waals surface area (Å²) in [6.07, 6.45) is 1.90. The summed E-state index contributed by atoms with van der Waals surface area (Å²) in [7, 11) is 2.01. The second-order valence-electron chi connectivity index (χ2n) is 9.02. The van der Waals surface area contributed by atoms with E-state index in [-0.39, 0.29) is 11.5 Å². The van der Waals surface area contributed by atoms with E-state index in [2.05, 4.69) is 15.2 Å². The number of nitrogens with zero attached hydrogens (tertiary/aromatic N) is 5. The van der Waals surface area contributed by atoms with E-state index in [0.29, 0.717) is 31.5 Å². The van der Waals surface area contributed by atoms with Gasteiger partial charge < -0.3 is 4.57 Å². The molecule has 0 bridgehead atoms. The molecule has 0 atom stereocenters. The number of carbonyl (C=O) groups is 1. The first-order valence-corrected chi connectivity index (χ1v) is 14.6. The number of amides is 1. The van der Waals surface area contributed by atoms with Gasteiger partial charge in [-0.2, -0.15) is 0 Å². The maximum absolute atomic E-state index is 13.6. The zero-order chi connectivity index (χ0) is 27.3. The summed E-state index contributed by atoms with van der Waals surface area (Å²) in [4.78, 5) is 33.7. The van der Waals surface area contributed by atoms with Gasteiger partial charge in [0.1, 0.15) is 19.7 Å². The monoisotopic (exact) mass is 571 g/mol. The topological polar surface area (TPSA) is 65.1 Å². The summed E-state index contributed by atoms with van der Waals surface area (Å²) in [5, 5.41) is 0. The number of carbonyl (C=O) groups excluding carboxylic acids is 1. The molecule has 0 N–H and O–H groups in total. The fourth-order valence-corrected chi connectivity index (χ4v) is 7.55. The lowest BCUT2D eigenvalue weighted by atomic mass is 10.2. The second-order valence-corrected chi connectivity index (χ2v) is 11.7. The van der Waals surface area contributed by atoms with Crippen LogP contribution in [-0.4, -0.2) is 40.4 Å². The molecule has 5 aromatic rings. The van der Waals surface area contributed by atoms with Crippen LogP contribution in [0.2, 0.25) is 0 Å². The van der Waals surface area contributed by atoms with Crippen LogP contribution in [0.25, 0.3) is 39.2 Å². The van der Waals surface area contributed by atoms with Crippen molar-refractivity contribution in [1.82, 2.24) is 23.6 Å². The fourth-order valence-electron chi connectivity index (χ4n) is 4.86. The molecule has 3 aromatic heterocycles. The van der Waals surface area contributed by atoms with Crippen LogP contribution in [0.1, 0.15) is 19.5 Å². The van der Waals surface area contributed by atoms with Crippen LogP contribution in [-0.2, 0) is 18.4 Å². The largest absolute Gasteiger partial charge is 0.326 e. The van der Waals surface area contributed by atoms with Crippen LogP contribution < -0.4 is 14.8 Å². The molecule has 1 saturated heterocycles. The van der Waals surface area contributed by atoms with Crippen molar-refractivity contribution in [3.63, 3.8) is 0 Å². The minimum atomic E-state index is -0.140. The van der Waals surface area contributed by atoms with E-state index in [9.17, 15) is 9.59 Å². The molecule has 1 aliphatic heterocycles. The third-order valence-electron chi connectivity index (χ3n) is 6.78. The van der Waals surface area contributed by atoms with Gasteiger partial charge in [0.25, 0.3) is 11.5 Å². The van der Waals surface area contributed by atoms with E-state index in [1.807, 2.05) is 87.6 Å². The average Bonchev–Trinajstić information content (AvgIpc) is 3.65. The maximum Gasteiger partial charge on any atom is 0.269 e. The lowest BCUT2D eigenvalue weighted by molar-refractivity contribution is -0.120. The summed E-state index contributed by atoms with van der Waals surface area (Å²) in [5.74, 6) is 0.728. The molecule has 4 heterocycles. The molecule has 0 spiro atoms. The van der Waals surface area contributed by atoms with Gasteiger partial charge in [-0.1, -0.05) is 72.5 Å². The Kier molecular flexibility index (Phi) is 6.62. The van der Waals surface area contributed by atoms with Gasteiger partial charge >= 0.3 is 0 Å². The van der Waals surface area contributed by atoms with E-state index in [1.165, 1.54) is 23.1 Å². The number of aromatic nitrogens is 4. The molecule has 1 aliphatic rings. The number of para-hydroxylation sites is 1. The third-order valence-corrected chi connectivity index (χ3v) is 9.48. The summed E-state index contributed by atoms with van der Waals surface area (Å²) in [6, 6.07) is 22.2. The van der Waals surface area contributed by atoms with Crippen LogP contribution in [0.15, 0.2) is 71.5 Å². The van der Waals surface area contributed by atoms with Crippen molar-refractivity contribution in [2.45, 2.75) is 20.4 Å². The molecule has 2 aromatic carbocycles. The lowest BCUT2D eigenvalue weighted by Gasteiger charge is -2.09. The Labute approximate surface area is 238 Å². The quantitative estimate of drug-likeness (QED) is 0.298. The molecule has 0 radical (unpaired) electrons. The number of hydrogen-bond donors (Lipinski definition) is 0. The highest BCUT2D eigenvalue weighted by Gasteiger charge is 2.33. The van der Waals surface area contributed by atoms with Crippen molar-refractivity contribution in [3.05, 3.63) is 92.0 Å². The number of aryl methyl sites for hydroxylation is 1. The molecule has 0 saturated carbocycles. The zero-order valence-electron chi connectivity index (χ0n) is 21.6. The van der Waals surface area contributed by atoms with Crippen LogP contribution in [0.3, 0.4) is 0 Å². The molecule has 0 aliphatic carbocycles. The van der Waals surface area contributed by atoms with Crippen molar-refractivity contribution < 1.29 is 4.79 Å². The first-order valence-electron chi connectivity index (χ1n) is 12.6. The number of rotatable bonds is 5. The smallest absolute Gasteiger partial charge is 0.269 e. The highest BCUT2D eigenvalue weighted by atomic mass is 32.2. The van der Waals surface area contributed by atoms with Crippen molar-refractivity contribution in [2.75, 3.05) is 6.54 Å². The van der Waals surface area contributed by atoms with E-state index in [4.69, 9.17) is 17.2 Å². The van der Waals surface area contributed by atoms with Gasteiger partial charge in [0.15, 0.2) is 5.65 Å². The maximum atomic E-state index is 13.6. The number of imidazole rings is 1. The van der Waals surface area contributed by atoms with Crippen LogP contribution in [0.4, 0.5) is 0 Å². The van der Waals surface area contributed by atoms with Crippen molar-refractivity contribution >= 4 is 67.7 Å². The summed E-state index contributed by atoms with van der Waals surface area (Å²) in [6.45, 7) is 4.77. The summed E-state index contributed by atoms with van der Waals surface area (Å²) < 4.78 is 7.55. The van der Waals surface area contributed by atoms with Gasteiger partial charge in [0.05, 0.1) is 15.7 Å². The van der Waals surface area contributed by atoms with Gasteiger partial charge in [0.2, 0.25) is 0 Å². The van der Waals surface area contributed by atoms with Crippen molar-refractivity contribution in [2.24, 2.45) is 7.05 Å². The Morgan fingerprint density at radius 3 is 2.31 bits per heavy atom. The lowest BCUT2D eigenvalue weighted by Crippen LogP contribution is -2.33. The normalized spacial score (nSPS) is 15.8. The first-order chi connectivity index (χ1) is 18.9. The predicted molar refractivity (Wildman–Crippen MR) is 164 cm³/mol. The highest BCUT2D eigenvalue weighted by Crippen LogP contribution is 2.31. The highest BCUT2D eigenvalue weighted by molar-refractivity contribution is 8.30. The van der Waals surface area contributed by atoms with E-state index in [0.717, 1.165) is 33.9 Å². The molecule has 1 fully saturated rings. The molecular formula is C29H25N5O2S3. The number of hydrogen-bond acceptors (Lipinski definition) is 6. The Balaban J connectivity index is 1.61. The van der Waals surface area contributed by atoms with Gasteiger partial charge in [-0.3, -0.25) is 23.6 Å². The SMILES string of the molecule is CCN1C(=O)/C(=c2\s/c(=C/c3cc4c(nc(-c5ccccc5)n4C)n3-c3ccccc3)c(=O)n2CC)SC1=S. The molecule has 0 unspecified atom stereocenters. The van der Waals surface area contributed by atoms with Gasteiger partial charge in [-0.15, -0.1) is 11.3 Å². The number of fused-ring (bicyclic) bond motifs is 1. The molecule has 6 rings (SSSR count).